The van der Waals surface area contributed by atoms with Crippen LogP contribution in [0.15, 0.2) is 4.79 Å². The van der Waals surface area contributed by atoms with E-state index in [-0.39, 0.29) is 30.4 Å². The number of rotatable bonds is 4. The number of aromatic nitrogens is 4. The van der Waals surface area contributed by atoms with Crippen molar-refractivity contribution < 1.29 is 14.6 Å². The second-order valence-corrected chi connectivity index (χ2v) is 6.25. The summed E-state index contributed by atoms with van der Waals surface area (Å²) in [5.74, 6) is 0.593. The Morgan fingerprint density at radius 1 is 1.41 bits per heavy atom. The first kappa shape index (κ1) is 22.8. The lowest BCUT2D eigenvalue weighted by Crippen LogP contribution is -2.17. The molecule has 3 heterocycles. The minimum atomic E-state index is -0.289. The molecule has 2 aromatic heterocycles. The maximum absolute atomic E-state index is 12.1. The summed E-state index contributed by atoms with van der Waals surface area (Å²) in [6, 6.07) is 0. The highest BCUT2D eigenvalue weighted by Crippen LogP contribution is 2.30. The summed E-state index contributed by atoms with van der Waals surface area (Å²) in [6.07, 6.45) is 1.96. The molecule has 1 aliphatic heterocycles. The van der Waals surface area contributed by atoms with E-state index in [9.17, 15) is 9.59 Å². The highest BCUT2D eigenvalue weighted by molar-refractivity contribution is 5.78. The van der Waals surface area contributed by atoms with Crippen molar-refractivity contribution in [1.82, 2.24) is 19.7 Å². The molecule has 1 aliphatic rings. The van der Waals surface area contributed by atoms with Crippen LogP contribution in [0.2, 0.25) is 0 Å². The lowest BCUT2D eigenvalue weighted by molar-refractivity contribution is -0.110. The minimum Gasteiger partial charge on any atom is -0.394 e. The van der Waals surface area contributed by atoms with Crippen LogP contribution < -0.4 is 10.9 Å². The molecule has 0 aromatic carbocycles. The van der Waals surface area contributed by atoms with Crippen LogP contribution in [0.25, 0.3) is 11.0 Å². The highest BCUT2D eigenvalue weighted by atomic mass is 16.5. The van der Waals surface area contributed by atoms with Gasteiger partial charge in [0.15, 0.2) is 11.9 Å². The molecule has 3 N–H and O–H groups in total. The van der Waals surface area contributed by atoms with Gasteiger partial charge in [-0.15, -0.1) is 0 Å². The van der Waals surface area contributed by atoms with Gasteiger partial charge >= 0.3 is 0 Å². The van der Waals surface area contributed by atoms with Crippen LogP contribution in [0.3, 0.4) is 0 Å². The summed E-state index contributed by atoms with van der Waals surface area (Å²) >= 11 is 0. The number of hydrogen-bond acceptors (Lipinski definition) is 7. The minimum absolute atomic E-state index is 0.00946. The number of hydrogen-bond donors (Lipinski definition) is 3. The van der Waals surface area contributed by atoms with Gasteiger partial charge in [0, 0.05) is 13.0 Å². The molecule has 27 heavy (non-hydrogen) atoms. The molecule has 9 nitrogen and oxygen atoms in total. The summed E-state index contributed by atoms with van der Waals surface area (Å²) in [7, 11) is 1.69. The Labute approximate surface area is 159 Å². The number of H-pyrrole nitrogens is 1. The number of aliphatic hydroxyl groups excluding tert-OH is 1. The summed E-state index contributed by atoms with van der Waals surface area (Å²) in [6.45, 7) is 9.47. The Bertz CT molecular complexity index is 784. The van der Waals surface area contributed by atoms with Crippen molar-refractivity contribution in [3.05, 3.63) is 16.0 Å². The fourth-order valence-corrected chi connectivity index (χ4v) is 2.53. The molecule has 0 radical (unpaired) electrons. The Balaban J connectivity index is 0.000000454. The van der Waals surface area contributed by atoms with E-state index in [0.717, 1.165) is 19.1 Å². The monoisotopic (exact) mass is 381 g/mol. The second-order valence-electron chi connectivity index (χ2n) is 6.25. The molecule has 0 unspecified atom stereocenters. The third-order valence-corrected chi connectivity index (χ3v) is 3.81. The molecule has 0 spiro atoms. The van der Waals surface area contributed by atoms with Gasteiger partial charge in [0.1, 0.15) is 11.7 Å². The van der Waals surface area contributed by atoms with E-state index in [1.807, 2.05) is 27.7 Å². The predicted molar refractivity (Wildman–Crippen MR) is 105 cm³/mol. The first-order chi connectivity index (χ1) is 12.9. The molecule has 2 aromatic rings. The van der Waals surface area contributed by atoms with Crippen molar-refractivity contribution >= 4 is 23.3 Å². The summed E-state index contributed by atoms with van der Waals surface area (Å²) in [5.41, 5.74) is 0.895. The summed E-state index contributed by atoms with van der Waals surface area (Å²) in [4.78, 5) is 28.6. The standard InChI is InChI=1S/C12H17N5O3.C4H8O.C2H6/c1-6-9-10(14-12(13-2)15-11(9)19)17(16-6)8-4-3-7(5-18)20-8;1-4(2)3-5;1-2/h7-8,18H,3-5H2,1-2H3,(H2,13,14,15,19);3-4H,1-2H3;1-2H3/t7-,8+;;/m0../s1. The maximum Gasteiger partial charge on any atom is 0.263 e. The first-order valence-corrected chi connectivity index (χ1v) is 9.29. The van der Waals surface area contributed by atoms with Crippen LogP contribution in [0.5, 0.6) is 0 Å². The quantitative estimate of drug-likeness (QED) is 0.692. The Morgan fingerprint density at radius 3 is 2.52 bits per heavy atom. The molecular formula is C18H31N5O4. The smallest absolute Gasteiger partial charge is 0.263 e. The number of nitrogens with zero attached hydrogens (tertiary/aromatic N) is 3. The van der Waals surface area contributed by atoms with Crippen molar-refractivity contribution in [1.29, 1.82) is 0 Å². The fourth-order valence-electron chi connectivity index (χ4n) is 2.53. The Morgan fingerprint density at radius 2 is 2.04 bits per heavy atom. The van der Waals surface area contributed by atoms with Gasteiger partial charge in [0.25, 0.3) is 5.56 Å². The van der Waals surface area contributed by atoms with Gasteiger partial charge in [0.05, 0.1) is 18.4 Å². The highest BCUT2D eigenvalue weighted by Gasteiger charge is 2.29. The van der Waals surface area contributed by atoms with Gasteiger partial charge in [-0.25, -0.2) is 4.68 Å². The Kier molecular flexibility index (Phi) is 9.10. The zero-order valence-corrected chi connectivity index (χ0v) is 16.9. The number of nitrogens with one attached hydrogen (secondary N) is 2. The molecule has 3 rings (SSSR count). The van der Waals surface area contributed by atoms with E-state index in [2.05, 4.69) is 20.4 Å². The van der Waals surface area contributed by atoms with Gasteiger partial charge in [0.2, 0.25) is 5.95 Å². The number of aromatic amines is 1. The number of aldehydes is 1. The molecule has 0 saturated carbocycles. The molecule has 0 amide bonds. The van der Waals surface area contributed by atoms with Crippen molar-refractivity contribution in [2.45, 2.75) is 59.8 Å². The van der Waals surface area contributed by atoms with E-state index >= 15 is 0 Å². The average Bonchev–Trinajstić information content (AvgIpc) is 3.28. The van der Waals surface area contributed by atoms with E-state index in [1.165, 1.54) is 0 Å². The predicted octanol–water partition coefficient (Wildman–Crippen LogP) is 2.01. The average molecular weight is 381 g/mol. The number of anilines is 1. The van der Waals surface area contributed by atoms with Gasteiger partial charge in [-0.1, -0.05) is 27.7 Å². The third kappa shape index (κ3) is 5.61. The van der Waals surface area contributed by atoms with Crippen molar-refractivity contribution in [2.75, 3.05) is 19.0 Å². The van der Waals surface area contributed by atoms with Gasteiger partial charge in [-0.05, 0) is 19.8 Å². The number of ether oxygens (including phenoxy) is 1. The zero-order valence-electron chi connectivity index (χ0n) is 16.9. The molecule has 1 fully saturated rings. The molecule has 9 heteroatoms. The fraction of sp³-hybridized carbons (Fsp3) is 0.667. The largest absolute Gasteiger partial charge is 0.394 e. The molecule has 0 bridgehead atoms. The van der Waals surface area contributed by atoms with Gasteiger partial charge in [-0.2, -0.15) is 10.1 Å². The SMILES string of the molecule is CC.CC(C)C=O.CNc1nc2c(c(C)nn2[C@H]2CC[C@@H](CO)O2)c(=O)[nH]1. The lowest BCUT2D eigenvalue weighted by atomic mass is 10.2. The van der Waals surface area contributed by atoms with E-state index in [4.69, 9.17) is 9.84 Å². The lowest BCUT2D eigenvalue weighted by Gasteiger charge is -2.13. The number of carbonyl (C=O) groups excluding carboxylic acids is 1. The number of aliphatic hydroxyl groups is 1. The first-order valence-electron chi connectivity index (χ1n) is 9.29. The normalized spacial score (nSPS) is 18.5. The van der Waals surface area contributed by atoms with Crippen LogP contribution in [0, 0.1) is 12.8 Å². The van der Waals surface area contributed by atoms with E-state index in [1.54, 1.807) is 18.7 Å². The number of fused-ring (bicyclic) bond motifs is 1. The van der Waals surface area contributed by atoms with Gasteiger partial charge < -0.3 is 20.0 Å². The van der Waals surface area contributed by atoms with Crippen LogP contribution >= 0.6 is 0 Å². The Hall–Kier alpha value is -2.26. The van der Waals surface area contributed by atoms with Crippen LogP contribution in [-0.2, 0) is 9.53 Å². The molecule has 152 valence electrons. The second kappa shape index (κ2) is 10.8. The van der Waals surface area contributed by atoms with E-state index in [0.29, 0.717) is 22.7 Å². The van der Waals surface area contributed by atoms with Crippen molar-refractivity contribution in [3.8, 4) is 0 Å². The van der Waals surface area contributed by atoms with Crippen LogP contribution in [0.4, 0.5) is 5.95 Å². The van der Waals surface area contributed by atoms with Gasteiger partial charge in [-0.3, -0.25) is 9.78 Å². The van der Waals surface area contributed by atoms with Crippen molar-refractivity contribution in [2.24, 2.45) is 5.92 Å². The third-order valence-electron chi connectivity index (χ3n) is 3.81. The summed E-state index contributed by atoms with van der Waals surface area (Å²) in [5, 5.41) is 16.8. The molecular weight excluding hydrogens is 350 g/mol. The summed E-state index contributed by atoms with van der Waals surface area (Å²) < 4.78 is 7.34. The number of aryl methyl sites for hydroxylation is 1. The van der Waals surface area contributed by atoms with Crippen molar-refractivity contribution in [3.63, 3.8) is 0 Å². The molecule has 2 atom stereocenters. The zero-order chi connectivity index (χ0) is 20.6. The topological polar surface area (TPSA) is 122 Å². The van der Waals surface area contributed by atoms with Crippen LogP contribution in [0.1, 0.15) is 52.5 Å². The number of carbonyl (C=O) groups is 1. The molecule has 1 saturated heterocycles. The maximum atomic E-state index is 12.1. The van der Waals surface area contributed by atoms with E-state index < -0.39 is 0 Å². The van der Waals surface area contributed by atoms with Crippen LogP contribution in [-0.4, -0.2) is 50.9 Å². The molecule has 0 aliphatic carbocycles.